The highest BCUT2D eigenvalue weighted by atomic mass is 35.5. The van der Waals surface area contributed by atoms with E-state index in [1.54, 1.807) is 0 Å². The highest BCUT2D eigenvalue weighted by Crippen LogP contribution is 2.30. The lowest BCUT2D eigenvalue weighted by Crippen LogP contribution is -2.43. The lowest BCUT2D eigenvalue weighted by atomic mass is 9.97. The molecule has 0 atom stereocenters. The van der Waals surface area contributed by atoms with E-state index in [-0.39, 0.29) is 58.7 Å². The van der Waals surface area contributed by atoms with Crippen LogP contribution in [0.4, 0.5) is 0 Å². The maximum atomic E-state index is 12.9. The van der Waals surface area contributed by atoms with Gasteiger partial charge in [-0.05, 0) is 36.6 Å². The number of amides is 2. The van der Waals surface area contributed by atoms with Crippen LogP contribution < -0.4 is 10.6 Å². The third-order valence-corrected chi connectivity index (χ3v) is 7.93. The van der Waals surface area contributed by atoms with E-state index in [4.69, 9.17) is 23.2 Å². The van der Waals surface area contributed by atoms with Crippen LogP contribution in [-0.2, 0) is 26.2 Å². The monoisotopic (exact) mass is 497 g/mol. The van der Waals surface area contributed by atoms with Crippen molar-refractivity contribution in [3.8, 4) is 0 Å². The molecule has 3 rings (SSSR count). The summed E-state index contributed by atoms with van der Waals surface area (Å²) in [6.45, 7) is 1.09. The molecule has 1 saturated heterocycles. The number of piperidine rings is 1. The molecule has 1 aliphatic heterocycles. The molecule has 0 aromatic heterocycles. The van der Waals surface area contributed by atoms with Gasteiger partial charge in [-0.1, -0.05) is 53.5 Å². The number of carbonyl (C=O) groups is 2. The topological polar surface area (TPSA) is 95.6 Å². The minimum Gasteiger partial charge on any atom is -0.355 e. The average molecular weight is 498 g/mol. The molecule has 0 saturated carbocycles. The molecule has 0 aliphatic carbocycles. The summed E-state index contributed by atoms with van der Waals surface area (Å²) in [6, 6.07) is 13.9. The van der Waals surface area contributed by atoms with Crippen LogP contribution >= 0.6 is 23.2 Å². The molecule has 10 heteroatoms. The molecule has 2 aromatic rings. The van der Waals surface area contributed by atoms with Crippen molar-refractivity contribution in [1.29, 1.82) is 0 Å². The molecule has 0 spiro atoms. The second-order valence-electron chi connectivity index (χ2n) is 7.56. The SMILES string of the molecule is O=C(CCNC(=O)C1CCN(S(=O)(=O)c2cc(Cl)ccc2Cl)CC1)NCc1ccccc1. The fraction of sp³-hybridized carbons (Fsp3) is 0.364. The molecule has 7 nitrogen and oxygen atoms in total. The summed E-state index contributed by atoms with van der Waals surface area (Å²) >= 11 is 12.0. The molecule has 2 N–H and O–H groups in total. The standard InChI is InChI=1S/C22H25Cl2N3O4S/c23-18-6-7-19(24)20(14-18)32(30,31)27-12-9-17(10-13-27)22(29)25-11-8-21(28)26-15-16-4-2-1-3-5-16/h1-7,14,17H,8-13,15H2,(H,25,29)(H,26,28). The predicted octanol–water partition coefficient (Wildman–Crippen LogP) is 3.22. The van der Waals surface area contributed by atoms with Gasteiger partial charge in [-0.15, -0.1) is 0 Å². The Labute approximate surface area is 198 Å². The van der Waals surface area contributed by atoms with Crippen LogP contribution in [0.1, 0.15) is 24.8 Å². The Balaban J connectivity index is 1.42. The normalized spacial score (nSPS) is 15.3. The number of halogens is 2. The highest BCUT2D eigenvalue weighted by molar-refractivity contribution is 7.89. The smallest absolute Gasteiger partial charge is 0.244 e. The summed E-state index contributed by atoms with van der Waals surface area (Å²) in [4.78, 5) is 24.4. The van der Waals surface area contributed by atoms with Gasteiger partial charge in [0.15, 0.2) is 0 Å². The quantitative estimate of drug-likeness (QED) is 0.585. The van der Waals surface area contributed by atoms with Crippen LogP contribution in [0.15, 0.2) is 53.4 Å². The van der Waals surface area contributed by atoms with Gasteiger partial charge in [0.2, 0.25) is 21.8 Å². The summed E-state index contributed by atoms with van der Waals surface area (Å²) in [6.07, 6.45) is 0.964. The van der Waals surface area contributed by atoms with Gasteiger partial charge in [0.05, 0.1) is 5.02 Å². The highest BCUT2D eigenvalue weighted by Gasteiger charge is 2.33. The number of nitrogens with one attached hydrogen (secondary N) is 2. The van der Waals surface area contributed by atoms with Crippen molar-refractivity contribution in [3.63, 3.8) is 0 Å². The maximum Gasteiger partial charge on any atom is 0.244 e. The molecule has 0 radical (unpaired) electrons. The minimum atomic E-state index is -3.79. The lowest BCUT2D eigenvalue weighted by molar-refractivity contribution is -0.126. The van der Waals surface area contributed by atoms with Crippen molar-refractivity contribution in [2.75, 3.05) is 19.6 Å². The van der Waals surface area contributed by atoms with Gasteiger partial charge in [-0.3, -0.25) is 9.59 Å². The molecule has 0 bridgehead atoms. The Morgan fingerprint density at radius 3 is 2.38 bits per heavy atom. The fourth-order valence-electron chi connectivity index (χ4n) is 3.50. The lowest BCUT2D eigenvalue weighted by Gasteiger charge is -2.30. The number of carbonyl (C=O) groups excluding carboxylic acids is 2. The number of sulfonamides is 1. The summed E-state index contributed by atoms with van der Waals surface area (Å²) in [5, 5.41) is 5.99. The molecule has 32 heavy (non-hydrogen) atoms. The Morgan fingerprint density at radius 2 is 1.69 bits per heavy atom. The van der Waals surface area contributed by atoms with Crippen LogP contribution in [0.25, 0.3) is 0 Å². The molecule has 2 aromatic carbocycles. The van der Waals surface area contributed by atoms with E-state index in [0.29, 0.717) is 19.4 Å². The van der Waals surface area contributed by atoms with Gasteiger partial charge in [-0.25, -0.2) is 8.42 Å². The van der Waals surface area contributed by atoms with E-state index in [0.717, 1.165) is 5.56 Å². The van der Waals surface area contributed by atoms with Gasteiger partial charge in [-0.2, -0.15) is 4.31 Å². The van der Waals surface area contributed by atoms with E-state index >= 15 is 0 Å². The molecule has 1 heterocycles. The Hall–Kier alpha value is -2.13. The first-order valence-corrected chi connectivity index (χ1v) is 12.5. The maximum absolute atomic E-state index is 12.9. The first kappa shape index (κ1) is 24.5. The number of nitrogens with zero attached hydrogens (tertiary/aromatic N) is 1. The van der Waals surface area contributed by atoms with E-state index in [2.05, 4.69) is 10.6 Å². The number of rotatable bonds is 8. The third kappa shape index (κ3) is 6.45. The third-order valence-electron chi connectivity index (χ3n) is 5.32. The van der Waals surface area contributed by atoms with Gasteiger partial charge in [0.25, 0.3) is 0 Å². The average Bonchev–Trinajstić information content (AvgIpc) is 2.80. The van der Waals surface area contributed by atoms with Crippen molar-refractivity contribution < 1.29 is 18.0 Å². The van der Waals surface area contributed by atoms with Gasteiger partial charge in [0, 0.05) is 43.5 Å². The van der Waals surface area contributed by atoms with Crippen molar-refractivity contribution in [2.45, 2.75) is 30.7 Å². The Kier molecular flexibility index (Phi) is 8.53. The first-order valence-electron chi connectivity index (χ1n) is 10.3. The second-order valence-corrected chi connectivity index (χ2v) is 10.3. The summed E-state index contributed by atoms with van der Waals surface area (Å²) < 4.78 is 27.1. The van der Waals surface area contributed by atoms with Crippen LogP contribution in [0.5, 0.6) is 0 Å². The van der Waals surface area contributed by atoms with E-state index in [1.165, 1.54) is 22.5 Å². The zero-order valence-corrected chi connectivity index (χ0v) is 19.7. The van der Waals surface area contributed by atoms with Crippen LogP contribution in [-0.4, -0.2) is 44.2 Å². The van der Waals surface area contributed by atoms with Crippen molar-refractivity contribution in [3.05, 3.63) is 64.1 Å². The largest absolute Gasteiger partial charge is 0.355 e. The summed E-state index contributed by atoms with van der Waals surface area (Å²) in [5.74, 6) is -0.615. The fourth-order valence-corrected chi connectivity index (χ4v) is 5.71. The molecule has 0 unspecified atom stereocenters. The molecule has 1 fully saturated rings. The van der Waals surface area contributed by atoms with E-state index < -0.39 is 10.0 Å². The van der Waals surface area contributed by atoms with Crippen molar-refractivity contribution in [2.24, 2.45) is 5.92 Å². The molecule has 2 amide bonds. The number of hydrogen-bond donors (Lipinski definition) is 2. The zero-order chi connectivity index (χ0) is 23.1. The zero-order valence-electron chi connectivity index (χ0n) is 17.4. The predicted molar refractivity (Wildman–Crippen MR) is 124 cm³/mol. The van der Waals surface area contributed by atoms with Gasteiger partial charge >= 0.3 is 0 Å². The molecule has 172 valence electrons. The Morgan fingerprint density at radius 1 is 1.00 bits per heavy atom. The first-order chi connectivity index (χ1) is 15.3. The van der Waals surface area contributed by atoms with Gasteiger partial charge < -0.3 is 10.6 Å². The van der Waals surface area contributed by atoms with Crippen LogP contribution in [0, 0.1) is 5.92 Å². The van der Waals surface area contributed by atoms with Crippen LogP contribution in [0.2, 0.25) is 10.0 Å². The summed E-state index contributed by atoms with van der Waals surface area (Å²) in [5.41, 5.74) is 1.01. The van der Waals surface area contributed by atoms with E-state index in [9.17, 15) is 18.0 Å². The van der Waals surface area contributed by atoms with Crippen LogP contribution in [0.3, 0.4) is 0 Å². The van der Waals surface area contributed by atoms with Crippen molar-refractivity contribution in [1.82, 2.24) is 14.9 Å². The number of hydrogen-bond acceptors (Lipinski definition) is 4. The second kappa shape index (κ2) is 11.1. The summed E-state index contributed by atoms with van der Waals surface area (Å²) in [7, 11) is -3.79. The minimum absolute atomic E-state index is 0.0314. The van der Waals surface area contributed by atoms with Gasteiger partial charge in [0.1, 0.15) is 4.90 Å². The molecular formula is C22H25Cl2N3O4S. The van der Waals surface area contributed by atoms with E-state index in [1.807, 2.05) is 30.3 Å². The van der Waals surface area contributed by atoms with Crippen molar-refractivity contribution >= 4 is 45.0 Å². The molecule has 1 aliphatic rings. The number of benzene rings is 2. The Bertz CT molecular complexity index is 1060. The molecular weight excluding hydrogens is 473 g/mol.